The highest BCUT2D eigenvalue weighted by Gasteiger charge is 2.47. The molecule has 1 saturated carbocycles. The fourth-order valence-corrected chi connectivity index (χ4v) is 3.47. The van der Waals surface area contributed by atoms with Gasteiger partial charge in [0.05, 0.1) is 0 Å². The molecule has 4 nitrogen and oxygen atoms in total. The van der Waals surface area contributed by atoms with E-state index < -0.39 is 11.9 Å². The van der Waals surface area contributed by atoms with E-state index in [1.807, 2.05) is 0 Å². The van der Waals surface area contributed by atoms with Gasteiger partial charge in [-0.2, -0.15) is 0 Å². The quantitative estimate of drug-likeness (QED) is 0.696. The van der Waals surface area contributed by atoms with Gasteiger partial charge in [-0.25, -0.2) is 0 Å². The molecule has 0 radical (unpaired) electrons. The van der Waals surface area contributed by atoms with Crippen LogP contribution in [0.3, 0.4) is 0 Å². The molecule has 2 bridgehead atoms. The van der Waals surface area contributed by atoms with Crippen LogP contribution in [0.15, 0.2) is 12.2 Å². The van der Waals surface area contributed by atoms with Crippen LogP contribution in [0, 0.1) is 17.3 Å². The van der Waals surface area contributed by atoms with Crippen molar-refractivity contribution in [3.8, 4) is 0 Å². The number of allylic oxidation sites excluding steroid dienone is 2. The minimum absolute atomic E-state index is 0.0732. The third-order valence-corrected chi connectivity index (χ3v) is 4.30. The van der Waals surface area contributed by atoms with Crippen LogP contribution in [0.5, 0.6) is 0 Å². The van der Waals surface area contributed by atoms with Crippen LogP contribution in [-0.2, 0) is 9.59 Å². The van der Waals surface area contributed by atoms with E-state index >= 15 is 0 Å². The minimum atomic E-state index is -0.786. The molecule has 2 aliphatic rings. The summed E-state index contributed by atoms with van der Waals surface area (Å²) < 4.78 is 0. The van der Waals surface area contributed by atoms with Crippen LogP contribution >= 0.6 is 0 Å². The van der Waals surface area contributed by atoms with Crippen molar-refractivity contribution in [2.24, 2.45) is 17.3 Å². The number of hydrogen-bond donors (Lipinski definition) is 2. The second kappa shape index (κ2) is 4.51. The van der Waals surface area contributed by atoms with Gasteiger partial charge < -0.3 is 10.2 Å². The predicted molar refractivity (Wildman–Crippen MR) is 61.5 cm³/mol. The Labute approximate surface area is 100 Å². The molecule has 17 heavy (non-hydrogen) atoms. The Morgan fingerprint density at radius 3 is 2.06 bits per heavy atom. The van der Waals surface area contributed by atoms with Crippen molar-refractivity contribution in [2.75, 3.05) is 0 Å². The first-order chi connectivity index (χ1) is 8.02. The third kappa shape index (κ3) is 2.51. The van der Waals surface area contributed by atoms with Crippen LogP contribution in [0.1, 0.15) is 38.5 Å². The van der Waals surface area contributed by atoms with Crippen LogP contribution in [0.25, 0.3) is 0 Å². The summed E-state index contributed by atoms with van der Waals surface area (Å²) in [6, 6.07) is 0. The molecule has 94 valence electrons. The Balaban J connectivity index is 2.04. The van der Waals surface area contributed by atoms with Crippen LogP contribution in [0.2, 0.25) is 0 Å². The molecule has 0 amide bonds. The highest BCUT2D eigenvalue weighted by Crippen LogP contribution is 2.56. The number of hydrogen-bond acceptors (Lipinski definition) is 2. The summed E-state index contributed by atoms with van der Waals surface area (Å²) in [7, 11) is 0. The Hall–Kier alpha value is -1.32. The van der Waals surface area contributed by atoms with Gasteiger partial charge in [-0.15, -0.1) is 0 Å². The lowest BCUT2D eigenvalue weighted by molar-refractivity contribution is -0.138. The van der Waals surface area contributed by atoms with Crippen molar-refractivity contribution in [3.63, 3.8) is 0 Å². The Morgan fingerprint density at radius 1 is 1.12 bits per heavy atom. The number of carbonyl (C=O) groups is 2. The number of rotatable bonds is 6. The number of fused-ring (bicyclic) bond motifs is 2. The summed E-state index contributed by atoms with van der Waals surface area (Å²) in [5, 5.41) is 17.6. The topological polar surface area (TPSA) is 74.6 Å². The fraction of sp³-hybridized carbons (Fsp3) is 0.692. The molecule has 2 aliphatic carbocycles. The highest BCUT2D eigenvalue weighted by atomic mass is 16.4. The minimum Gasteiger partial charge on any atom is -0.481 e. The number of carboxylic acids is 2. The van der Waals surface area contributed by atoms with Crippen LogP contribution < -0.4 is 0 Å². The molecule has 2 rings (SSSR count). The monoisotopic (exact) mass is 238 g/mol. The van der Waals surface area contributed by atoms with Crippen molar-refractivity contribution in [1.82, 2.24) is 0 Å². The molecule has 4 heteroatoms. The van der Waals surface area contributed by atoms with E-state index in [9.17, 15) is 9.59 Å². The Kier molecular flexibility index (Phi) is 3.22. The molecule has 0 aromatic heterocycles. The summed E-state index contributed by atoms with van der Waals surface area (Å²) in [6.45, 7) is 0. The summed E-state index contributed by atoms with van der Waals surface area (Å²) in [4.78, 5) is 21.4. The lowest BCUT2D eigenvalue weighted by Gasteiger charge is -2.35. The zero-order chi connectivity index (χ0) is 12.5. The Morgan fingerprint density at radius 2 is 1.71 bits per heavy atom. The lowest BCUT2D eigenvalue weighted by Crippen LogP contribution is -2.27. The lowest BCUT2D eigenvalue weighted by atomic mass is 9.69. The van der Waals surface area contributed by atoms with E-state index in [0.717, 1.165) is 12.8 Å². The molecular weight excluding hydrogens is 220 g/mol. The van der Waals surface area contributed by atoms with Crippen LogP contribution in [0.4, 0.5) is 0 Å². The first kappa shape index (κ1) is 12.1. The molecular formula is C13H18O4. The van der Waals surface area contributed by atoms with Gasteiger partial charge >= 0.3 is 11.9 Å². The van der Waals surface area contributed by atoms with Gasteiger partial charge in [-0.05, 0) is 42.9 Å². The standard InChI is InChI=1S/C13H18O4/c14-11(15)3-5-13(6-4-12(16)17)8-9-1-2-10(13)7-9/h1-2,9-10H,3-8H2,(H,14,15)(H,16,17). The van der Waals surface area contributed by atoms with Gasteiger partial charge in [0.25, 0.3) is 0 Å². The average molecular weight is 238 g/mol. The smallest absolute Gasteiger partial charge is 0.303 e. The third-order valence-electron chi connectivity index (χ3n) is 4.30. The normalized spacial score (nSPS) is 28.5. The maximum Gasteiger partial charge on any atom is 0.303 e. The summed E-state index contributed by atoms with van der Waals surface area (Å²) in [5.41, 5.74) is -0.0732. The van der Waals surface area contributed by atoms with E-state index in [0.29, 0.717) is 24.7 Å². The molecule has 0 spiro atoms. The second-order valence-electron chi connectivity index (χ2n) is 5.34. The number of aliphatic carboxylic acids is 2. The van der Waals surface area contributed by atoms with Gasteiger partial charge in [0.15, 0.2) is 0 Å². The fourth-order valence-electron chi connectivity index (χ4n) is 3.47. The summed E-state index contributed by atoms with van der Waals surface area (Å²) >= 11 is 0. The molecule has 2 N–H and O–H groups in total. The second-order valence-corrected chi connectivity index (χ2v) is 5.34. The molecule has 0 aliphatic heterocycles. The Bertz CT molecular complexity index is 340. The van der Waals surface area contributed by atoms with Crippen LogP contribution in [-0.4, -0.2) is 22.2 Å². The van der Waals surface area contributed by atoms with E-state index in [1.165, 1.54) is 0 Å². The van der Waals surface area contributed by atoms with Crippen molar-refractivity contribution >= 4 is 11.9 Å². The van der Waals surface area contributed by atoms with Gasteiger partial charge in [0, 0.05) is 12.8 Å². The van der Waals surface area contributed by atoms with E-state index in [4.69, 9.17) is 10.2 Å². The SMILES string of the molecule is O=C(O)CCC1(CCC(=O)O)CC2C=CC1C2. The molecule has 2 unspecified atom stereocenters. The van der Waals surface area contributed by atoms with Crippen molar-refractivity contribution in [1.29, 1.82) is 0 Å². The van der Waals surface area contributed by atoms with Crippen molar-refractivity contribution in [3.05, 3.63) is 12.2 Å². The van der Waals surface area contributed by atoms with Crippen molar-refractivity contribution in [2.45, 2.75) is 38.5 Å². The molecule has 1 fully saturated rings. The summed E-state index contributed by atoms with van der Waals surface area (Å²) in [5.74, 6) is -0.633. The molecule has 0 saturated heterocycles. The summed E-state index contributed by atoms with van der Waals surface area (Å²) in [6.07, 6.45) is 7.94. The van der Waals surface area contributed by atoms with E-state index in [1.54, 1.807) is 0 Å². The molecule has 0 heterocycles. The zero-order valence-corrected chi connectivity index (χ0v) is 9.76. The molecule has 2 atom stereocenters. The van der Waals surface area contributed by atoms with Gasteiger partial charge in [0.2, 0.25) is 0 Å². The highest BCUT2D eigenvalue weighted by molar-refractivity contribution is 5.67. The van der Waals surface area contributed by atoms with E-state index in [-0.39, 0.29) is 18.3 Å². The average Bonchev–Trinajstić information content (AvgIpc) is 2.84. The zero-order valence-electron chi connectivity index (χ0n) is 9.76. The van der Waals surface area contributed by atoms with Crippen molar-refractivity contribution < 1.29 is 19.8 Å². The predicted octanol–water partition coefficient (Wildman–Crippen LogP) is 2.30. The van der Waals surface area contributed by atoms with Gasteiger partial charge in [0.1, 0.15) is 0 Å². The first-order valence-electron chi connectivity index (χ1n) is 6.14. The maximum atomic E-state index is 10.7. The van der Waals surface area contributed by atoms with Gasteiger partial charge in [-0.1, -0.05) is 12.2 Å². The molecule has 0 aromatic carbocycles. The largest absolute Gasteiger partial charge is 0.481 e. The first-order valence-corrected chi connectivity index (χ1v) is 6.14. The van der Waals surface area contributed by atoms with Gasteiger partial charge in [-0.3, -0.25) is 9.59 Å². The number of carboxylic acid groups (broad SMARTS) is 2. The van der Waals surface area contributed by atoms with E-state index in [2.05, 4.69) is 12.2 Å². The maximum absolute atomic E-state index is 10.7. The molecule has 0 aromatic rings.